The molecular formula is C9H9BrF3NO. The largest absolute Gasteiger partial charge is 0.496 e. The molecule has 1 atom stereocenters. The van der Waals surface area contributed by atoms with Crippen LogP contribution in [0.2, 0.25) is 0 Å². The Morgan fingerprint density at radius 3 is 2.40 bits per heavy atom. The van der Waals surface area contributed by atoms with E-state index in [2.05, 4.69) is 15.9 Å². The third-order valence-electron chi connectivity index (χ3n) is 1.89. The van der Waals surface area contributed by atoms with Gasteiger partial charge in [0.05, 0.1) is 11.6 Å². The number of ether oxygens (including phenoxy) is 1. The highest BCUT2D eigenvalue weighted by Crippen LogP contribution is 2.34. The number of halogens is 4. The molecule has 0 amide bonds. The quantitative estimate of drug-likeness (QED) is 0.906. The van der Waals surface area contributed by atoms with E-state index in [0.29, 0.717) is 10.2 Å². The van der Waals surface area contributed by atoms with E-state index in [4.69, 9.17) is 10.5 Å². The molecule has 0 fully saturated rings. The average Bonchev–Trinajstić information content (AvgIpc) is 2.15. The second-order valence-electron chi connectivity index (χ2n) is 2.91. The minimum atomic E-state index is -4.44. The van der Waals surface area contributed by atoms with Gasteiger partial charge in [-0.1, -0.05) is 6.07 Å². The predicted molar refractivity (Wildman–Crippen MR) is 53.7 cm³/mol. The molecule has 15 heavy (non-hydrogen) atoms. The van der Waals surface area contributed by atoms with Gasteiger partial charge in [0.1, 0.15) is 11.8 Å². The highest BCUT2D eigenvalue weighted by Gasteiger charge is 2.37. The molecule has 1 aromatic rings. The number of methoxy groups -OCH3 is 1. The summed E-state index contributed by atoms with van der Waals surface area (Å²) in [7, 11) is 1.43. The van der Waals surface area contributed by atoms with Crippen molar-refractivity contribution in [1.29, 1.82) is 0 Å². The van der Waals surface area contributed by atoms with Crippen molar-refractivity contribution in [3.8, 4) is 5.75 Å². The molecule has 0 saturated heterocycles. The van der Waals surface area contributed by atoms with Crippen LogP contribution in [0, 0.1) is 0 Å². The smallest absolute Gasteiger partial charge is 0.407 e. The summed E-state index contributed by atoms with van der Waals surface area (Å²) in [5.74, 6) is 0.466. The van der Waals surface area contributed by atoms with Crippen LogP contribution < -0.4 is 10.5 Å². The van der Waals surface area contributed by atoms with Gasteiger partial charge in [-0.05, 0) is 33.6 Å². The van der Waals surface area contributed by atoms with Gasteiger partial charge in [-0.3, -0.25) is 0 Å². The van der Waals surface area contributed by atoms with Gasteiger partial charge in [-0.2, -0.15) is 13.2 Å². The Bertz CT molecular complexity index is 354. The van der Waals surface area contributed by atoms with E-state index in [0.717, 1.165) is 0 Å². The maximum Gasteiger partial charge on any atom is 0.407 e. The van der Waals surface area contributed by atoms with Crippen LogP contribution in [-0.2, 0) is 0 Å². The van der Waals surface area contributed by atoms with Crippen molar-refractivity contribution >= 4 is 15.9 Å². The fourth-order valence-corrected chi connectivity index (χ4v) is 1.62. The van der Waals surface area contributed by atoms with Crippen LogP contribution in [0.3, 0.4) is 0 Å². The van der Waals surface area contributed by atoms with Gasteiger partial charge in [-0.15, -0.1) is 0 Å². The Morgan fingerprint density at radius 2 is 2.00 bits per heavy atom. The maximum atomic E-state index is 12.3. The Balaban J connectivity index is 3.02. The van der Waals surface area contributed by atoms with Crippen molar-refractivity contribution < 1.29 is 17.9 Å². The molecule has 0 aliphatic carbocycles. The van der Waals surface area contributed by atoms with E-state index >= 15 is 0 Å². The lowest BCUT2D eigenvalue weighted by Gasteiger charge is -2.16. The van der Waals surface area contributed by atoms with Crippen molar-refractivity contribution in [1.82, 2.24) is 0 Å². The van der Waals surface area contributed by atoms with Gasteiger partial charge in [0.15, 0.2) is 0 Å². The first-order valence-corrected chi connectivity index (χ1v) is 4.81. The number of rotatable bonds is 2. The summed E-state index contributed by atoms with van der Waals surface area (Å²) in [6.45, 7) is 0. The van der Waals surface area contributed by atoms with E-state index < -0.39 is 12.2 Å². The molecule has 0 radical (unpaired) electrons. The first-order valence-electron chi connectivity index (χ1n) is 4.02. The van der Waals surface area contributed by atoms with E-state index in [1.54, 1.807) is 0 Å². The van der Waals surface area contributed by atoms with E-state index in [1.165, 1.54) is 25.3 Å². The van der Waals surface area contributed by atoms with Crippen LogP contribution in [0.25, 0.3) is 0 Å². The van der Waals surface area contributed by atoms with Gasteiger partial charge in [-0.25, -0.2) is 0 Å². The highest BCUT2D eigenvalue weighted by atomic mass is 79.9. The molecule has 1 rings (SSSR count). The highest BCUT2D eigenvalue weighted by molar-refractivity contribution is 9.10. The van der Waals surface area contributed by atoms with Crippen LogP contribution in [-0.4, -0.2) is 13.3 Å². The lowest BCUT2D eigenvalue weighted by atomic mass is 10.1. The minimum Gasteiger partial charge on any atom is -0.496 e. The summed E-state index contributed by atoms with van der Waals surface area (Å²) in [4.78, 5) is 0. The molecule has 0 aliphatic rings. The zero-order valence-corrected chi connectivity index (χ0v) is 9.39. The molecule has 0 unspecified atom stereocenters. The number of hydrogen-bond donors (Lipinski definition) is 1. The van der Waals surface area contributed by atoms with Crippen LogP contribution in [0.4, 0.5) is 13.2 Å². The molecular weight excluding hydrogens is 275 g/mol. The van der Waals surface area contributed by atoms with Gasteiger partial charge in [0, 0.05) is 0 Å². The number of nitrogens with two attached hydrogens (primary N) is 1. The number of benzene rings is 1. The zero-order valence-electron chi connectivity index (χ0n) is 7.81. The summed E-state index contributed by atoms with van der Waals surface area (Å²) in [5.41, 5.74) is 5.04. The van der Waals surface area contributed by atoms with Crippen LogP contribution in [0.1, 0.15) is 11.6 Å². The van der Waals surface area contributed by atoms with Crippen LogP contribution in [0.5, 0.6) is 5.75 Å². The van der Waals surface area contributed by atoms with Gasteiger partial charge in [0.25, 0.3) is 0 Å². The SMILES string of the molecule is COc1ccc([C@@H](N)C(F)(F)F)cc1Br. The first kappa shape index (κ1) is 12.3. The number of hydrogen-bond acceptors (Lipinski definition) is 2. The topological polar surface area (TPSA) is 35.2 Å². The second kappa shape index (κ2) is 4.40. The third-order valence-corrected chi connectivity index (χ3v) is 2.51. The Morgan fingerprint density at radius 1 is 1.40 bits per heavy atom. The molecule has 6 heteroatoms. The molecule has 0 spiro atoms. The lowest BCUT2D eigenvalue weighted by molar-refractivity contribution is -0.149. The monoisotopic (exact) mass is 283 g/mol. The van der Waals surface area contributed by atoms with E-state index in [-0.39, 0.29) is 5.56 Å². The van der Waals surface area contributed by atoms with Gasteiger partial charge >= 0.3 is 6.18 Å². The summed E-state index contributed by atoms with van der Waals surface area (Å²) >= 11 is 3.09. The minimum absolute atomic E-state index is 0.00447. The third kappa shape index (κ3) is 2.85. The molecule has 1 aromatic carbocycles. The summed E-state index contributed by atoms with van der Waals surface area (Å²) in [6.07, 6.45) is -4.44. The maximum absolute atomic E-state index is 12.3. The average molecular weight is 284 g/mol. The van der Waals surface area contributed by atoms with Gasteiger partial charge < -0.3 is 10.5 Å². The predicted octanol–water partition coefficient (Wildman–Crippen LogP) is 3.02. The standard InChI is InChI=1S/C9H9BrF3NO/c1-15-7-3-2-5(4-6(7)10)8(14)9(11,12)13/h2-4,8H,14H2,1H3/t8-/m1/s1. The Labute approximate surface area is 93.3 Å². The van der Waals surface area contributed by atoms with Crippen molar-refractivity contribution in [2.75, 3.05) is 7.11 Å². The fraction of sp³-hybridized carbons (Fsp3) is 0.333. The normalized spacial score (nSPS) is 13.7. The van der Waals surface area contributed by atoms with Crippen LogP contribution in [0.15, 0.2) is 22.7 Å². The van der Waals surface area contributed by atoms with Gasteiger partial charge in [0.2, 0.25) is 0 Å². The molecule has 0 heterocycles. The fourth-order valence-electron chi connectivity index (χ4n) is 1.07. The zero-order chi connectivity index (χ0) is 11.6. The van der Waals surface area contributed by atoms with Crippen molar-refractivity contribution in [3.05, 3.63) is 28.2 Å². The van der Waals surface area contributed by atoms with E-state index in [1.807, 2.05) is 0 Å². The first-order chi connectivity index (χ1) is 6.86. The van der Waals surface area contributed by atoms with Crippen molar-refractivity contribution in [2.45, 2.75) is 12.2 Å². The number of alkyl halides is 3. The van der Waals surface area contributed by atoms with Crippen LogP contribution >= 0.6 is 15.9 Å². The molecule has 2 nitrogen and oxygen atoms in total. The second-order valence-corrected chi connectivity index (χ2v) is 3.77. The summed E-state index contributed by atoms with van der Waals surface area (Å²) in [5, 5.41) is 0. The van der Waals surface area contributed by atoms with Crippen molar-refractivity contribution in [3.63, 3.8) is 0 Å². The van der Waals surface area contributed by atoms with Crippen molar-refractivity contribution in [2.24, 2.45) is 5.73 Å². The Kier molecular flexibility index (Phi) is 3.62. The Hall–Kier alpha value is -0.750. The van der Waals surface area contributed by atoms with E-state index in [9.17, 15) is 13.2 Å². The molecule has 0 aliphatic heterocycles. The summed E-state index contributed by atoms with van der Waals surface area (Å²) in [6, 6.07) is 2.06. The lowest BCUT2D eigenvalue weighted by Crippen LogP contribution is -2.28. The molecule has 2 N–H and O–H groups in total. The molecule has 0 bridgehead atoms. The summed E-state index contributed by atoms with van der Waals surface area (Å²) < 4.78 is 42.2. The molecule has 0 saturated carbocycles. The molecule has 84 valence electrons. The molecule has 0 aromatic heterocycles.